The van der Waals surface area contributed by atoms with E-state index < -0.39 is 0 Å². The van der Waals surface area contributed by atoms with Crippen LogP contribution in [-0.4, -0.2) is 31.7 Å². The van der Waals surface area contributed by atoms with E-state index in [-0.39, 0.29) is 16.9 Å². The molecular formula is C19H27NO4S. The van der Waals surface area contributed by atoms with E-state index in [1.165, 1.54) is 12.0 Å². The second-order valence-electron chi connectivity index (χ2n) is 6.64. The number of methoxy groups -OCH3 is 1. The van der Waals surface area contributed by atoms with Crippen molar-refractivity contribution in [3.05, 3.63) is 29.8 Å². The molecule has 0 bridgehead atoms. The van der Waals surface area contributed by atoms with Crippen molar-refractivity contribution >= 4 is 17.7 Å². The Hall–Kier alpha value is -1.24. The molecule has 2 saturated heterocycles. The van der Waals surface area contributed by atoms with Crippen LogP contribution in [0.4, 0.5) is 0 Å². The number of hydroxylamine groups is 1. The Bertz CT molecular complexity index is 551. The third-order valence-corrected chi connectivity index (χ3v) is 6.49. The van der Waals surface area contributed by atoms with Crippen molar-refractivity contribution in [3.8, 4) is 5.75 Å². The zero-order valence-electron chi connectivity index (χ0n) is 14.8. The van der Waals surface area contributed by atoms with Gasteiger partial charge < -0.3 is 9.47 Å². The molecule has 2 heterocycles. The lowest BCUT2D eigenvalue weighted by molar-refractivity contribution is -0.200. The zero-order valence-corrected chi connectivity index (χ0v) is 15.6. The van der Waals surface area contributed by atoms with Crippen LogP contribution in [0.2, 0.25) is 0 Å². The second-order valence-corrected chi connectivity index (χ2v) is 8.12. The number of carbonyl (C=O) groups excluding carboxylic acids is 1. The average Bonchev–Trinajstić information content (AvgIpc) is 2.68. The van der Waals surface area contributed by atoms with Crippen LogP contribution in [0.1, 0.15) is 50.5 Å². The van der Waals surface area contributed by atoms with E-state index in [1.54, 1.807) is 7.11 Å². The number of thioether (sulfide) groups is 1. The lowest BCUT2D eigenvalue weighted by Crippen LogP contribution is -2.37. The fourth-order valence-corrected chi connectivity index (χ4v) is 5.01. The van der Waals surface area contributed by atoms with Gasteiger partial charge in [0, 0.05) is 24.2 Å². The van der Waals surface area contributed by atoms with Crippen LogP contribution in [0.3, 0.4) is 0 Å². The zero-order chi connectivity index (χ0) is 17.5. The highest BCUT2D eigenvalue weighted by Crippen LogP contribution is 2.47. The minimum Gasteiger partial charge on any atom is -0.497 e. The molecule has 0 radical (unpaired) electrons. The van der Waals surface area contributed by atoms with Gasteiger partial charge in [0.15, 0.2) is 6.29 Å². The summed E-state index contributed by atoms with van der Waals surface area (Å²) < 4.78 is 10.6. The Kier molecular flexibility index (Phi) is 6.62. The molecule has 2 atom stereocenters. The van der Waals surface area contributed by atoms with E-state index in [4.69, 9.17) is 14.3 Å². The largest absolute Gasteiger partial charge is 0.497 e. The first-order valence-electron chi connectivity index (χ1n) is 9.06. The van der Waals surface area contributed by atoms with Crippen LogP contribution >= 0.6 is 11.8 Å². The molecule has 2 aliphatic heterocycles. The summed E-state index contributed by atoms with van der Waals surface area (Å²) >= 11 is 1.88. The molecule has 2 fully saturated rings. The van der Waals surface area contributed by atoms with Crippen LogP contribution in [0.25, 0.3) is 0 Å². The number of benzene rings is 1. The summed E-state index contributed by atoms with van der Waals surface area (Å²) in [5.74, 6) is 1.83. The molecule has 6 heteroatoms. The minimum absolute atomic E-state index is 0.0839. The lowest BCUT2D eigenvalue weighted by Gasteiger charge is -2.37. The number of rotatable bonds is 6. The lowest BCUT2D eigenvalue weighted by atomic mass is 9.88. The van der Waals surface area contributed by atoms with Gasteiger partial charge >= 0.3 is 0 Å². The predicted octanol–water partition coefficient (Wildman–Crippen LogP) is 3.77. The number of ether oxygens (including phenoxy) is 2. The van der Waals surface area contributed by atoms with Crippen LogP contribution in [0.15, 0.2) is 24.3 Å². The Balaban J connectivity index is 1.64. The molecule has 1 aromatic carbocycles. The van der Waals surface area contributed by atoms with Crippen molar-refractivity contribution in [2.75, 3.05) is 19.5 Å². The van der Waals surface area contributed by atoms with Gasteiger partial charge in [-0.1, -0.05) is 18.6 Å². The summed E-state index contributed by atoms with van der Waals surface area (Å²) in [6.07, 6.45) is 6.41. The van der Waals surface area contributed by atoms with Crippen LogP contribution < -0.4 is 10.2 Å². The summed E-state index contributed by atoms with van der Waals surface area (Å²) in [6.45, 7) is 0.701. The van der Waals surface area contributed by atoms with E-state index in [1.807, 2.05) is 23.9 Å². The van der Waals surface area contributed by atoms with E-state index >= 15 is 0 Å². The van der Waals surface area contributed by atoms with E-state index in [9.17, 15) is 4.79 Å². The van der Waals surface area contributed by atoms with Gasteiger partial charge in [-0.2, -0.15) is 0 Å². The Morgan fingerprint density at radius 1 is 1.28 bits per heavy atom. The van der Waals surface area contributed by atoms with Gasteiger partial charge in [0.25, 0.3) is 0 Å². The number of hydrogen-bond donors (Lipinski definition) is 1. The monoisotopic (exact) mass is 365 g/mol. The SMILES string of the molecule is COc1ccc(C2(CC(=O)NOC3CCCCO3)CCCCS2)cc1. The molecule has 25 heavy (non-hydrogen) atoms. The fraction of sp³-hybridized carbons (Fsp3) is 0.632. The molecule has 3 rings (SSSR count). The number of carbonyl (C=O) groups is 1. The van der Waals surface area contributed by atoms with Gasteiger partial charge in [-0.05, 0) is 49.1 Å². The molecule has 1 N–H and O–H groups in total. The molecule has 0 spiro atoms. The summed E-state index contributed by atoms with van der Waals surface area (Å²) in [5, 5.41) is 0. The quantitative estimate of drug-likeness (QED) is 0.778. The molecule has 0 aromatic heterocycles. The van der Waals surface area contributed by atoms with Crippen LogP contribution in [-0.2, 0) is 19.1 Å². The Labute approximate surface area is 153 Å². The first kappa shape index (κ1) is 18.5. The second kappa shape index (κ2) is 8.92. The highest BCUT2D eigenvalue weighted by Gasteiger charge is 2.37. The first-order chi connectivity index (χ1) is 12.2. The molecule has 0 aliphatic carbocycles. The predicted molar refractivity (Wildman–Crippen MR) is 98.4 cm³/mol. The topological polar surface area (TPSA) is 56.8 Å². The summed E-state index contributed by atoms with van der Waals surface area (Å²) in [6, 6.07) is 8.10. The van der Waals surface area contributed by atoms with Crippen molar-refractivity contribution in [1.82, 2.24) is 5.48 Å². The summed E-state index contributed by atoms with van der Waals surface area (Å²) in [4.78, 5) is 18.0. The summed E-state index contributed by atoms with van der Waals surface area (Å²) in [7, 11) is 1.66. The van der Waals surface area contributed by atoms with E-state index in [0.717, 1.165) is 43.6 Å². The number of nitrogens with one attached hydrogen (secondary N) is 1. The first-order valence-corrected chi connectivity index (χ1v) is 10.0. The van der Waals surface area contributed by atoms with Crippen molar-refractivity contribution in [3.63, 3.8) is 0 Å². The highest BCUT2D eigenvalue weighted by molar-refractivity contribution is 8.00. The van der Waals surface area contributed by atoms with Crippen LogP contribution in [0, 0.1) is 0 Å². The number of hydrogen-bond acceptors (Lipinski definition) is 5. The van der Waals surface area contributed by atoms with Gasteiger partial charge in [0.05, 0.1) is 7.11 Å². The van der Waals surface area contributed by atoms with E-state index in [2.05, 4.69) is 17.6 Å². The standard InChI is InChI=1S/C19H27NO4S/c1-22-16-9-7-15(8-10-16)19(11-3-5-13-25-19)14-17(21)20-24-18-6-2-4-12-23-18/h7-10,18H,2-6,11-14H2,1H3,(H,20,21). The number of amides is 1. The molecule has 0 saturated carbocycles. The third-order valence-electron chi connectivity index (χ3n) is 4.86. The Morgan fingerprint density at radius 3 is 2.76 bits per heavy atom. The van der Waals surface area contributed by atoms with Gasteiger partial charge in [0.1, 0.15) is 5.75 Å². The molecule has 5 nitrogen and oxygen atoms in total. The average molecular weight is 365 g/mol. The smallest absolute Gasteiger partial charge is 0.245 e. The molecule has 138 valence electrons. The van der Waals surface area contributed by atoms with Gasteiger partial charge in [0.2, 0.25) is 5.91 Å². The Morgan fingerprint density at radius 2 is 2.12 bits per heavy atom. The van der Waals surface area contributed by atoms with Gasteiger partial charge in [-0.3, -0.25) is 4.79 Å². The third kappa shape index (κ3) is 4.90. The van der Waals surface area contributed by atoms with Crippen molar-refractivity contribution in [2.45, 2.75) is 56.0 Å². The highest BCUT2D eigenvalue weighted by atomic mass is 32.2. The van der Waals surface area contributed by atoms with Gasteiger partial charge in [-0.15, -0.1) is 11.8 Å². The van der Waals surface area contributed by atoms with Crippen molar-refractivity contribution < 1.29 is 19.1 Å². The summed E-state index contributed by atoms with van der Waals surface area (Å²) in [5.41, 5.74) is 3.80. The molecular weight excluding hydrogens is 338 g/mol. The van der Waals surface area contributed by atoms with Crippen molar-refractivity contribution in [1.29, 1.82) is 0 Å². The molecule has 2 unspecified atom stereocenters. The van der Waals surface area contributed by atoms with Crippen molar-refractivity contribution in [2.24, 2.45) is 0 Å². The maximum atomic E-state index is 12.5. The molecule has 1 amide bonds. The van der Waals surface area contributed by atoms with Crippen LogP contribution in [0.5, 0.6) is 5.75 Å². The molecule has 1 aromatic rings. The fourth-order valence-electron chi connectivity index (χ4n) is 3.45. The maximum Gasteiger partial charge on any atom is 0.245 e. The maximum absolute atomic E-state index is 12.5. The van der Waals surface area contributed by atoms with Gasteiger partial charge in [-0.25, -0.2) is 10.3 Å². The molecule has 2 aliphatic rings. The minimum atomic E-state index is -0.311. The van der Waals surface area contributed by atoms with E-state index in [0.29, 0.717) is 13.0 Å². The normalized spacial score (nSPS) is 26.8.